The topological polar surface area (TPSA) is 64.3 Å². The molecule has 4 heteroatoms. The van der Waals surface area contributed by atoms with Crippen LogP contribution in [0.15, 0.2) is 0 Å². The number of hydrogen-bond acceptors (Lipinski definition) is 3. The molecule has 4 nitrogen and oxygen atoms in total. The zero-order valence-electron chi connectivity index (χ0n) is 13.6. The van der Waals surface area contributed by atoms with Crippen LogP contribution in [-0.2, 0) is 9.53 Å². The van der Waals surface area contributed by atoms with Crippen molar-refractivity contribution in [3.8, 4) is 0 Å². The third kappa shape index (κ3) is 5.06. The minimum absolute atomic E-state index is 0.0395. The quantitative estimate of drug-likeness (QED) is 0.755. The van der Waals surface area contributed by atoms with E-state index in [2.05, 4.69) is 19.2 Å². The average molecular weight is 284 g/mol. The number of carbonyl (C=O) groups is 1. The molecule has 1 rings (SSSR count). The number of nitrogens with one attached hydrogen (secondary N) is 1. The van der Waals surface area contributed by atoms with Crippen molar-refractivity contribution < 1.29 is 9.53 Å². The maximum absolute atomic E-state index is 12.0. The van der Waals surface area contributed by atoms with E-state index in [1.165, 1.54) is 6.42 Å². The minimum atomic E-state index is -0.278. The lowest BCUT2D eigenvalue weighted by Crippen LogP contribution is -2.49. The SMILES string of the molecule is CCC1CCC(CN)(OCC(=O)NC(C)(C)CC)CC1. The normalized spacial score (nSPS) is 27.4. The Balaban J connectivity index is 2.44. The van der Waals surface area contributed by atoms with E-state index in [0.29, 0.717) is 6.54 Å². The Hall–Kier alpha value is -0.610. The maximum Gasteiger partial charge on any atom is 0.246 e. The highest BCUT2D eigenvalue weighted by atomic mass is 16.5. The highest BCUT2D eigenvalue weighted by Crippen LogP contribution is 2.35. The van der Waals surface area contributed by atoms with Crippen LogP contribution in [-0.4, -0.2) is 30.2 Å². The molecule has 0 aromatic carbocycles. The lowest BCUT2D eigenvalue weighted by Gasteiger charge is -2.39. The van der Waals surface area contributed by atoms with Crippen LogP contribution in [0.2, 0.25) is 0 Å². The molecule has 1 aliphatic rings. The van der Waals surface area contributed by atoms with Gasteiger partial charge in [-0.25, -0.2) is 0 Å². The standard InChI is InChI=1S/C16H32N2O2/c1-5-13-7-9-16(12-17,10-8-13)20-11-14(19)18-15(3,4)6-2/h13H,5-12,17H2,1-4H3,(H,18,19). The molecule has 1 fully saturated rings. The minimum Gasteiger partial charge on any atom is -0.364 e. The van der Waals surface area contributed by atoms with Crippen molar-refractivity contribution >= 4 is 5.91 Å². The summed E-state index contributed by atoms with van der Waals surface area (Å²) in [5.74, 6) is 0.758. The van der Waals surface area contributed by atoms with Gasteiger partial charge in [0.25, 0.3) is 0 Å². The molecule has 0 spiro atoms. The summed E-state index contributed by atoms with van der Waals surface area (Å²) < 4.78 is 5.93. The third-order valence-corrected chi connectivity index (χ3v) is 4.84. The Morgan fingerprint density at radius 2 is 1.95 bits per heavy atom. The van der Waals surface area contributed by atoms with E-state index in [1.807, 2.05) is 13.8 Å². The number of ether oxygens (including phenoxy) is 1. The number of rotatable bonds is 7. The van der Waals surface area contributed by atoms with Crippen molar-refractivity contribution in [2.45, 2.75) is 77.4 Å². The smallest absolute Gasteiger partial charge is 0.246 e. The summed E-state index contributed by atoms with van der Waals surface area (Å²) in [7, 11) is 0. The Bertz CT molecular complexity index is 308. The summed E-state index contributed by atoms with van der Waals surface area (Å²) in [6.07, 6.45) is 6.41. The Morgan fingerprint density at radius 1 is 1.35 bits per heavy atom. The van der Waals surface area contributed by atoms with Crippen LogP contribution >= 0.6 is 0 Å². The predicted molar refractivity (Wildman–Crippen MR) is 82.5 cm³/mol. The van der Waals surface area contributed by atoms with Crippen LogP contribution < -0.4 is 11.1 Å². The fourth-order valence-corrected chi connectivity index (χ4v) is 2.74. The van der Waals surface area contributed by atoms with Gasteiger partial charge in [-0.05, 0) is 51.9 Å². The van der Waals surface area contributed by atoms with Crippen LogP contribution in [0, 0.1) is 5.92 Å². The molecule has 0 atom stereocenters. The van der Waals surface area contributed by atoms with Gasteiger partial charge in [-0.3, -0.25) is 4.79 Å². The van der Waals surface area contributed by atoms with E-state index in [9.17, 15) is 4.79 Å². The van der Waals surface area contributed by atoms with E-state index in [1.54, 1.807) is 0 Å². The number of carbonyl (C=O) groups excluding carboxylic acids is 1. The lowest BCUT2D eigenvalue weighted by molar-refractivity contribution is -0.137. The lowest BCUT2D eigenvalue weighted by atomic mass is 9.77. The van der Waals surface area contributed by atoms with Crippen LogP contribution in [0.25, 0.3) is 0 Å². The van der Waals surface area contributed by atoms with Gasteiger partial charge in [-0.1, -0.05) is 20.3 Å². The van der Waals surface area contributed by atoms with Gasteiger partial charge >= 0.3 is 0 Å². The molecule has 20 heavy (non-hydrogen) atoms. The summed E-state index contributed by atoms with van der Waals surface area (Å²) in [4.78, 5) is 12.0. The van der Waals surface area contributed by atoms with Crippen molar-refractivity contribution in [2.75, 3.05) is 13.2 Å². The molecular weight excluding hydrogens is 252 g/mol. The van der Waals surface area contributed by atoms with Gasteiger partial charge in [-0.15, -0.1) is 0 Å². The summed E-state index contributed by atoms with van der Waals surface area (Å²) in [5.41, 5.74) is 5.46. The zero-order chi connectivity index (χ0) is 15.2. The molecule has 1 amide bonds. The number of hydrogen-bond donors (Lipinski definition) is 2. The molecule has 0 aliphatic heterocycles. The second-order valence-corrected chi connectivity index (χ2v) is 6.81. The second kappa shape index (κ2) is 7.41. The summed E-state index contributed by atoms with van der Waals surface area (Å²) in [6.45, 7) is 8.98. The van der Waals surface area contributed by atoms with Gasteiger partial charge in [0.1, 0.15) is 6.61 Å². The summed E-state index contributed by atoms with van der Waals surface area (Å²) in [6, 6.07) is 0. The van der Waals surface area contributed by atoms with E-state index in [0.717, 1.165) is 38.0 Å². The highest BCUT2D eigenvalue weighted by molar-refractivity contribution is 5.78. The van der Waals surface area contributed by atoms with Crippen molar-refractivity contribution in [3.63, 3.8) is 0 Å². The molecule has 3 N–H and O–H groups in total. The van der Waals surface area contributed by atoms with Crippen LogP contribution in [0.4, 0.5) is 0 Å². The molecule has 0 heterocycles. The van der Waals surface area contributed by atoms with Crippen LogP contribution in [0.3, 0.4) is 0 Å². The van der Waals surface area contributed by atoms with E-state index in [4.69, 9.17) is 10.5 Å². The first-order valence-corrected chi connectivity index (χ1v) is 8.01. The molecule has 0 radical (unpaired) electrons. The first-order chi connectivity index (χ1) is 9.36. The molecule has 0 bridgehead atoms. The fourth-order valence-electron chi connectivity index (χ4n) is 2.74. The highest BCUT2D eigenvalue weighted by Gasteiger charge is 2.35. The molecule has 0 saturated heterocycles. The molecular formula is C16H32N2O2. The third-order valence-electron chi connectivity index (χ3n) is 4.84. The Labute approximate surface area is 123 Å². The molecule has 0 aromatic rings. The van der Waals surface area contributed by atoms with Gasteiger partial charge in [0.2, 0.25) is 5.91 Å². The number of amides is 1. The summed E-state index contributed by atoms with van der Waals surface area (Å²) in [5, 5.41) is 3.00. The van der Waals surface area contributed by atoms with Crippen LogP contribution in [0.5, 0.6) is 0 Å². The zero-order valence-corrected chi connectivity index (χ0v) is 13.6. The van der Waals surface area contributed by atoms with Crippen molar-refractivity contribution in [2.24, 2.45) is 11.7 Å². The van der Waals surface area contributed by atoms with Crippen molar-refractivity contribution in [1.29, 1.82) is 0 Å². The number of nitrogens with two attached hydrogens (primary N) is 1. The van der Waals surface area contributed by atoms with Crippen molar-refractivity contribution in [3.05, 3.63) is 0 Å². The van der Waals surface area contributed by atoms with E-state index in [-0.39, 0.29) is 23.7 Å². The average Bonchev–Trinajstić information content (AvgIpc) is 2.45. The maximum atomic E-state index is 12.0. The van der Waals surface area contributed by atoms with Gasteiger partial charge in [0.15, 0.2) is 0 Å². The van der Waals surface area contributed by atoms with Gasteiger partial charge in [-0.2, -0.15) is 0 Å². The largest absolute Gasteiger partial charge is 0.364 e. The van der Waals surface area contributed by atoms with Gasteiger partial charge < -0.3 is 15.8 Å². The predicted octanol–water partition coefficient (Wildman–Crippen LogP) is 2.61. The first kappa shape index (κ1) is 17.4. The van der Waals surface area contributed by atoms with Crippen molar-refractivity contribution in [1.82, 2.24) is 5.32 Å². The molecule has 0 unspecified atom stereocenters. The molecule has 1 aliphatic carbocycles. The summed E-state index contributed by atoms with van der Waals surface area (Å²) >= 11 is 0. The Morgan fingerprint density at radius 3 is 2.40 bits per heavy atom. The molecule has 118 valence electrons. The monoisotopic (exact) mass is 284 g/mol. The molecule has 1 saturated carbocycles. The molecule has 0 aromatic heterocycles. The van der Waals surface area contributed by atoms with E-state index < -0.39 is 0 Å². The second-order valence-electron chi connectivity index (χ2n) is 6.81. The van der Waals surface area contributed by atoms with Gasteiger partial charge in [0, 0.05) is 12.1 Å². The van der Waals surface area contributed by atoms with Crippen LogP contribution in [0.1, 0.15) is 66.2 Å². The first-order valence-electron chi connectivity index (χ1n) is 8.01. The fraction of sp³-hybridized carbons (Fsp3) is 0.938. The Kier molecular flexibility index (Phi) is 6.46. The van der Waals surface area contributed by atoms with Gasteiger partial charge in [0.05, 0.1) is 5.60 Å². The van der Waals surface area contributed by atoms with E-state index >= 15 is 0 Å².